The third-order valence-corrected chi connectivity index (χ3v) is 4.05. The highest BCUT2D eigenvalue weighted by atomic mass is 35.5. The highest BCUT2D eigenvalue weighted by Crippen LogP contribution is 2.27. The first-order valence-electron chi connectivity index (χ1n) is 5.64. The predicted molar refractivity (Wildman–Crippen MR) is 77.7 cm³/mol. The van der Waals surface area contributed by atoms with Gasteiger partial charge in [0.25, 0.3) is 0 Å². The van der Waals surface area contributed by atoms with Gasteiger partial charge in [-0.1, -0.05) is 47.5 Å². The van der Waals surface area contributed by atoms with Crippen LogP contribution in [-0.2, 0) is 0 Å². The first-order chi connectivity index (χ1) is 8.66. The Morgan fingerprint density at radius 1 is 1.17 bits per heavy atom. The van der Waals surface area contributed by atoms with Crippen LogP contribution < -0.4 is 0 Å². The summed E-state index contributed by atoms with van der Waals surface area (Å²) < 4.78 is 0. The van der Waals surface area contributed by atoms with Crippen LogP contribution in [0.1, 0.15) is 15.9 Å². The summed E-state index contributed by atoms with van der Waals surface area (Å²) in [5.41, 5.74) is 1.86. The van der Waals surface area contributed by atoms with Gasteiger partial charge in [-0.05, 0) is 25.1 Å². The summed E-state index contributed by atoms with van der Waals surface area (Å²) in [7, 11) is 0. The summed E-state index contributed by atoms with van der Waals surface area (Å²) >= 11 is 7.52. The number of halogens is 1. The summed E-state index contributed by atoms with van der Waals surface area (Å²) in [6.45, 7) is 1.98. The van der Waals surface area contributed by atoms with Crippen LogP contribution in [0.25, 0.3) is 0 Å². The molecule has 0 fully saturated rings. The van der Waals surface area contributed by atoms with E-state index in [0.29, 0.717) is 10.8 Å². The molecule has 0 aliphatic rings. The molecule has 0 aliphatic carbocycles. The third-order valence-electron chi connectivity index (χ3n) is 2.54. The zero-order chi connectivity index (χ0) is 13.0. The van der Waals surface area contributed by atoms with Gasteiger partial charge in [0.05, 0.1) is 10.8 Å². The second-order valence-electron chi connectivity index (χ2n) is 4.01. The van der Waals surface area contributed by atoms with Crippen molar-refractivity contribution in [2.45, 2.75) is 11.8 Å². The predicted octanol–water partition coefficient (Wildman–Crippen LogP) is 4.62. The van der Waals surface area contributed by atoms with E-state index in [1.54, 1.807) is 0 Å². The molecule has 0 saturated heterocycles. The molecule has 0 bridgehead atoms. The van der Waals surface area contributed by atoms with E-state index in [4.69, 9.17) is 11.6 Å². The number of ketones is 1. The molecule has 0 atom stereocenters. The molecule has 92 valence electrons. The molecule has 2 aromatic rings. The van der Waals surface area contributed by atoms with Crippen molar-refractivity contribution in [1.29, 1.82) is 0 Å². The minimum absolute atomic E-state index is 0.128. The van der Waals surface area contributed by atoms with Gasteiger partial charge in [0.1, 0.15) is 0 Å². The Bertz CT molecular complexity index is 566. The van der Waals surface area contributed by atoms with Gasteiger partial charge in [-0.3, -0.25) is 4.79 Å². The average molecular weight is 277 g/mol. The zero-order valence-corrected chi connectivity index (χ0v) is 11.6. The fourth-order valence-corrected chi connectivity index (χ4v) is 2.74. The topological polar surface area (TPSA) is 17.1 Å². The molecule has 0 spiro atoms. The van der Waals surface area contributed by atoms with Crippen LogP contribution in [0.5, 0.6) is 0 Å². The Kier molecular flexibility index (Phi) is 4.45. The largest absolute Gasteiger partial charge is 0.293 e. The summed E-state index contributed by atoms with van der Waals surface area (Å²) in [5, 5.41) is 0.694. The lowest BCUT2D eigenvalue weighted by atomic mass is 10.1. The molecule has 0 aromatic heterocycles. The summed E-state index contributed by atoms with van der Waals surface area (Å²) in [5.74, 6) is 0.538. The zero-order valence-electron chi connectivity index (χ0n) is 10.0. The molecule has 0 aliphatic heterocycles. The molecule has 0 saturated carbocycles. The maximum atomic E-state index is 12.0. The van der Waals surface area contributed by atoms with Gasteiger partial charge < -0.3 is 0 Å². The van der Waals surface area contributed by atoms with Gasteiger partial charge in [0.15, 0.2) is 5.78 Å². The maximum Gasteiger partial charge on any atom is 0.173 e. The highest BCUT2D eigenvalue weighted by Gasteiger charge is 2.08. The average Bonchev–Trinajstić information content (AvgIpc) is 2.37. The molecule has 2 rings (SSSR count). The summed E-state index contributed by atoms with van der Waals surface area (Å²) in [4.78, 5) is 13.0. The molecule has 3 heteroatoms. The van der Waals surface area contributed by atoms with Crippen LogP contribution in [0.2, 0.25) is 5.02 Å². The molecule has 2 aromatic carbocycles. The molecule has 1 nitrogen and oxygen atoms in total. The lowest BCUT2D eigenvalue weighted by Gasteiger charge is -2.04. The SMILES string of the molecule is Cc1cccc(C(=O)CSc2ccccc2Cl)c1. The van der Waals surface area contributed by atoms with E-state index in [1.807, 2.05) is 55.5 Å². The molecular weight excluding hydrogens is 264 g/mol. The molecule has 0 unspecified atom stereocenters. The normalized spacial score (nSPS) is 10.3. The van der Waals surface area contributed by atoms with Crippen LogP contribution in [0.15, 0.2) is 53.4 Å². The van der Waals surface area contributed by atoms with Crippen molar-refractivity contribution in [1.82, 2.24) is 0 Å². The van der Waals surface area contributed by atoms with Crippen molar-refractivity contribution in [2.75, 3.05) is 5.75 Å². The Balaban J connectivity index is 2.03. The molecule has 0 N–H and O–H groups in total. The van der Waals surface area contributed by atoms with Gasteiger partial charge >= 0.3 is 0 Å². The van der Waals surface area contributed by atoms with E-state index in [0.717, 1.165) is 16.0 Å². The van der Waals surface area contributed by atoms with E-state index in [2.05, 4.69) is 0 Å². The van der Waals surface area contributed by atoms with Gasteiger partial charge in [-0.2, -0.15) is 0 Å². The summed E-state index contributed by atoms with van der Waals surface area (Å²) in [6, 6.07) is 15.2. The minimum atomic E-state index is 0.128. The van der Waals surface area contributed by atoms with E-state index < -0.39 is 0 Å². The van der Waals surface area contributed by atoms with Crippen LogP contribution in [0.3, 0.4) is 0 Å². The van der Waals surface area contributed by atoms with Gasteiger partial charge in [0.2, 0.25) is 0 Å². The number of carbonyl (C=O) groups is 1. The molecule has 0 radical (unpaired) electrons. The fourth-order valence-electron chi connectivity index (χ4n) is 1.61. The van der Waals surface area contributed by atoms with Gasteiger partial charge in [0, 0.05) is 10.5 Å². The third kappa shape index (κ3) is 3.37. The van der Waals surface area contributed by atoms with Crippen molar-refractivity contribution in [3.8, 4) is 0 Å². The number of aryl methyl sites for hydroxylation is 1. The number of hydrogen-bond donors (Lipinski definition) is 0. The van der Waals surface area contributed by atoms with Crippen LogP contribution in [0, 0.1) is 6.92 Å². The van der Waals surface area contributed by atoms with E-state index in [9.17, 15) is 4.79 Å². The quantitative estimate of drug-likeness (QED) is 0.598. The van der Waals surface area contributed by atoms with Crippen molar-refractivity contribution >= 4 is 29.1 Å². The molecule has 0 amide bonds. The number of carbonyl (C=O) groups excluding carboxylic acids is 1. The number of thioether (sulfide) groups is 1. The molecular formula is C15H13ClOS. The van der Waals surface area contributed by atoms with Crippen molar-refractivity contribution in [2.24, 2.45) is 0 Å². The van der Waals surface area contributed by atoms with Crippen molar-refractivity contribution < 1.29 is 4.79 Å². The van der Waals surface area contributed by atoms with Crippen molar-refractivity contribution in [3.05, 3.63) is 64.7 Å². The fraction of sp³-hybridized carbons (Fsp3) is 0.133. The Morgan fingerprint density at radius 2 is 1.94 bits per heavy atom. The second-order valence-corrected chi connectivity index (χ2v) is 5.44. The first kappa shape index (κ1) is 13.2. The first-order valence-corrected chi connectivity index (χ1v) is 7.00. The minimum Gasteiger partial charge on any atom is -0.293 e. The van der Waals surface area contributed by atoms with Crippen LogP contribution in [-0.4, -0.2) is 11.5 Å². The lowest BCUT2D eigenvalue weighted by Crippen LogP contribution is -2.02. The standard InChI is InChI=1S/C15H13ClOS/c1-11-5-4-6-12(9-11)14(17)10-18-15-8-3-2-7-13(15)16/h2-9H,10H2,1H3. The number of rotatable bonds is 4. The van der Waals surface area contributed by atoms with E-state index >= 15 is 0 Å². The van der Waals surface area contributed by atoms with Gasteiger partial charge in [-0.15, -0.1) is 11.8 Å². The molecule has 0 heterocycles. The van der Waals surface area contributed by atoms with Gasteiger partial charge in [-0.25, -0.2) is 0 Å². The maximum absolute atomic E-state index is 12.0. The molecule has 18 heavy (non-hydrogen) atoms. The van der Waals surface area contributed by atoms with E-state index in [-0.39, 0.29) is 5.78 Å². The van der Waals surface area contributed by atoms with Crippen LogP contribution >= 0.6 is 23.4 Å². The van der Waals surface area contributed by atoms with Crippen LogP contribution in [0.4, 0.5) is 0 Å². The Morgan fingerprint density at radius 3 is 2.67 bits per heavy atom. The monoisotopic (exact) mass is 276 g/mol. The lowest BCUT2D eigenvalue weighted by molar-refractivity contribution is 0.102. The highest BCUT2D eigenvalue weighted by molar-refractivity contribution is 8.00. The summed E-state index contributed by atoms with van der Waals surface area (Å²) in [6.07, 6.45) is 0. The van der Waals surface area contributed by atoms with Crippen molar-refractivity contribution in [3.63, 3.8) is 0 Å². The van der Waals surface area contributed by atoms with E-state index in [1.165, 1.54) is 11.8 Å². The second kappa shape index (κ2) is 6.07. The Labute approximate surface area is 116 Å². The Hall–Kier alpha value is -1.25. The smallest absolute Gasteiger partial charge is 0.173 e. The number of Topliss-reactive ketones (excluding diaryl/α,β-unsaturated/α-hetero) is 1. The number of benzene rings is 2. The number of hydrogen-bond acceptors (Lipinski definition) is 2.